The Morgan fingerprint density at radius 1 is 1.29 bits per heavy atom. The summed E-state index contributed by atoms with van der Waals surface area (Å²) < 4.78 is 11.3. The van der Waals surface area contributed by atoms with Crippen molar-refractivity contribution in [2.24, 2.45) is 5.73 Å². The summed E-state index contributed by atoms with van der Waals surface area (Å²) in [5.41, 5.74) is 12.9. The third-order valence-corrected chi connectivity index (χ3v) is 4.11. The van der Waals surface area contributed by atoms with E-state index in [1.807, 2.05) is 0 Å². The highest BCUT2D eigenvalue weighted by atomic mass is 32.2. The van der Waals surface area contributed by atoms with E-state index in [2.05, 4.69) is 4.90 Å². The molecule has 0 aromatic heterocycles. The number of nitrogens with zero attached hydrogens (tertiary/aromatic N) is 1. The Balaban J connectivity index is 2.21. The standard InChI is InChI=1S/C11H15N3O2S/c12-9-7-8(11(13)15)1-2-10(9)14-3-5-17(16)6-4-14/h1-2,7H,3-6,12H2,(H2,13,15). The van der Waals surface area contributed by atoms with Crippen LogP contribution in [0.25, 0.3) is 0 Å². The van der Waals surface area contributed by atoms with E-state index >= 15 is 0 Å². The molecule has 92 valence electrons. The Bertz CT molecular complexity index is 466. The second kappa shape index (κ2) is 4.75. The zero-order valence-electron chi connectivity index (χ0n) is 9.39. The van der Waals surface area contributed by atoms with E-state index in [0.717, 1.165) is 18.8 Å². The van der Waals surface area contributed by atoms with Crippen molar-refractivity contribution in [1.82, 2.24) is 0 Å². The van der Waals surface area contributed by atoms with Gasteiger partial charge in [-0.25, -0.2) is 0 Å². The monoisotopic (exact) mass is 253 g/mol. The van der Waals surface area contributed by atoms with Gasteiger partial charge in [0.25, 0.3) is 0 Å². The van der Waals surface area contributed by atoms with Gasteiger partial charge >= 0.3 is 0 Å². The molecule has 1 aromatic rings. The predicted molar refractivity (Wildman–Crippen MR) is 69.5 cm³/mol. The second-order valence-electron chi connectivity index (χ2n) is 3.97. The van der Waals surface area contributed by atoms with Crippen molar-refractivity contribution < 1.29 is 9.00 Å². The number of primary amides is 1. The number of amides is 1. The molecule has 1 aliphatic heterocycles. The molecule has 1 fully saturated rings. The molecule has 4 N–H and O–H groups in total. The SMILES string of the molecule is NC(=O)c1ccc(N2CCS(=O)CC2)c(N)c1. The minimum absolute atomic E-state index is 0.409. The van der Waals surface area contributed by atoms with Crippen LogP contribution in [-0.2, 0) is 10.8 Å². The highest BCUT2D eigenvalue weighted by Gasteiger charge is 2.17. The molecule has 0 aliphatic carbocycles. The summed E-state index contributed by atoms with van der Waals surface area (Å²) in [6.45, 7) is 1.46. The molecular weight excluding hydrogens is 238 g/mol. The van der Waals surface area contributed by atoms with Gasteiger partial charge in [-0.3, -0.25) is 9.00 Å². The van der Waals surface area contributed by atoms with Crippen molar-refractivity contribution in [1.29, 1.82) is 0 Å². The summed E-state index contributed by atoms with van der Waals surface area (Å²) >= 11 is 0. The number of hydrogen-bond donors (Lipinski definition) is 2. The van der Waals surface area contributed by atoms with E-state index in [1.165, 1.54) is 0 Å². The fourth-order valence-electron chi connectivity index (χ4n) is 1.87. The van der Waals surface area contributed by atoms with Crippen LogP contribution in [0.4, 0.5) is 11.4 Å². The van der Waals surface area contributed by atoms with Crippen molar-refractivity contribution in [3.63, 3.8) is 0 Å². The Morgan fingerprint density at radius 2 is 1.94 bits per heavy atom. The number of carbonyl (C=O) groups excluding carboxylic acids is 1. The van der Waals surface area contributed by atoms with Gasteiger partial charge in [-0.2, -0.15) is 0 Å². The minimum atomic E-state index is -0.710. The molecule has 0 unspecified atom stereocenters. The van der Waals surface area contributed by atoms with E-state index in [0.29, 0.717) is 22.8 Å². The molecule has 0 bridgehead atoms. The van der Waals surface area contributed by atoms with Gasteiger partial charge in [0, 0.05) is 41.0 Å². The van der Waals surface area contributed by atoms with Crippen LogP contribution in [0, 0.1) is 0 Å². The van der Waals surface area contributed by atoms with Crippen molar-refractivity contribution in [3.8, 4) is 0 Å². The molecule has 17 heavy (non-hydrogen) atoms. The lowest BCUT2D eigenvalue weighted by Gasteiger charge is -2.29. The molecule has 1 heterocycles. The van der Waals surface area contributed by atoms with E-state index < -0.39 is 16.7 Å². The molecule has 0 radical (unpaired) electrons. The molecule has 0 atom stereocenters. The number of benzene rings is 1. The lowest BCUT2D eigenvalue weighted by molar-refractivity contribution is 0.100. The van der Waals surface area contributed by atoms with Crippen LogP contribution in [0.1, 0.15) is 10.4 Å². The van der Waals surface area contributed by atoms with Gasteiger partial charge in [0.05, 0.1) is 11.4 Å². The third-order valence-electron chi connectivity index (χ3n) is 2.83. The third kappa shape index (κ3) is 2.58. The van der Waals surface area contributed by atoms with Crippen LogP contribution in [0.15, 0.2) is 18.2 Å². The maximum absolute atomic E-state index is 11.3. The van der Waals surface area contributed by atoms with Crippen molar-refractivity contribution in [3.05, 3.63) is 23.8 Å². The van der Waals surface area contributed by atoms with Gasteiger partial charge in [-0.05, 0) is 18.2 Å². The van der Waals surface area contributed by atoms with Gasteiger partial charge in [-0.15, -0.1) is 0 Å². The molecular formula is C11H15N3O2S. The quantitative estimate of drug-likeness (QED) is 0.722. The van der Waals surface area contributed by atoms with Gasteiger partial charge in [-0.1, -0.05) is 0 Å². The molecule has 5 nitrogen and oxygen atoms in total. The summed E-state index contributed by atoms with van der Waals surface area (Å²) in [6.07, 6.45) is 0. The molecule has 1 saturated heterocycles. The molecule has 1 amide bonds. The van der Waals surface area contributed by atoms with E-state index in [9.17, 15) is 9.00 Å². The van der Waals surface area contributed by atoms with Crippen molar-refractivity contribution >= 4 is 28.1 Å². The van der Waals surface area contributed by atoms with Crippen molar-refractivity contribution in [2.75, 3.05) is 35.2 Å². The zero-order chi connectivity index (χ0) is 12.4. The van der Waals surface area contributed by atoms with E-state index in [-0.39, 0.29) is 0 Å². The number of anilines is 2. The fourth-order valence-corrected chi connectivity index (χ4v) is 2.93. The molecule has 0 spiro atoms. The summed E-state index contributed by atoms with van der Waals surface area (Å²) in [6, 6.07) is 5.05. The first-order valence-corrected chi connectivity index (χ1v) is 6.86. The van der Waals surface area contributed by atoms with Crippen LogP contribution in [0.5, 0.6) is 0 Å². The topological polar surface area (TPSA) is 89.4 Å². The Morgan fingerprint density at radius 3 is 2.47 bits per heavy atom. The first-order valence-electron chi connectivity index (χ1n) is 5.37. The molecule has 1 aliphatic rings. The molecule has 6 heteroatoms. The van der Waals surface area contributed by atoms with Gasteiger partial charge in [0.1, 0.15) is 0 Å². The Labute approximate surface area is 102 Å². The Hall–Kier alpha value is -1.56. The predicted octanol–water partition coefficient (Wildman–Crippen LogP) is -0.0636. The summed E-state index contributed by atoms with van der Waals surface area (Å²) in [7, 11) is -0.710. The van der Waals surface area contributed by atoms with Crippen LogP contribution >= 0.6 is 0 Å². The lowest BCUT2D eigenvalue weighted by Crippen LogP contribution is -2.38. The number of hydrogen-bond acceptors (Lipinski definition) is 4. The second-order valence-corrected chi connectivity index (χ2v) is 5.67. The van der Waals surface area contributed by atoms with Gasteiger partial charge in [0.2, 0.25) is 5.91 Å². The molecule has 0 saturated carbocycles. The first kappa shape index (κ1) is 11.9. The summed E-state index contributed by atoms with van der Waals surface area (Å²) in [5.74, 6) is 0.844. The largest absolute Gasteiger partial charge is 0.397 e. The molecule has 2 rings (SSSR count). The Kier molecular flexibility index (Phi) is 3.33. The normalized spacial score (nSPS) is 17.1. The van der Waals surface area contributed by atoms with Crippen LogP contribution in [-0.4, -0.2) is 34.7 Å². The van der Waals surface area contributed by atoms with Crippen LogP contribution < -0.4 is 16.4 Å². The summed E-state index contributed by atoms with van der Waals surface area (Å²) in [4.78, 5) is 13.1. The van der Waals surface area contributed by atoms with Crippen molar-refractivity contribution in [2.45, 2.75) is 0 Å². The van der Waals surface area contributed by atoms with E-state index in [4.69, 9.17) is 11.5 Å². The van der Waals surface area contributed by atoms with Gasteiger partial charge in [0.15, 0.2) is 0 Å². The average Bonchev–Trinajstić information content (AvgIpc) is 2.30. The maximum Gasteiger partial charge on any atom is 0.248 e. The highest BCUT2D eigenvalue weighted by Crippen LogP contribution is 2.25. The zero-order valence-corrected chi connectivity index (χ0v) is 10.2. The average molecular weight is 253 g/mol. The fraction of sp³-hybridized carbons (Fsp3) is 0.364. The minimum Gasteiger partial charge on any atom is -0.397 e. The molecule has 1 aromatic carbocycles. The van der Waals surface area contributed by atoms with Gasteiger partial charge < -0.3 is 16.4 Å². The number of nitrogen functional groups attached to an aromatic ring is 1. The smallest absolute Gasteiger partial charge is 0.248 e. The van der Waals surface area contributed by atoms with E-state index in [1.54, 1.807) is 18.2 Å². The summed E-state index contributed by atoms with van der Waals surface area (Å²) in [5, 5.41) is 0. The van der Waals surface area contributed by atoms with Crippen LogP contribution in [0.3, 0.4) is 0 Å². The first-order chi connectivity index (χ1) is 8.08. The van der Waals surface area contributed by atoms with Crippen LogP contribution in [0.2, 0.25) is 0 Å². The lowest BCUT2D eigenvalue weighted by atomic mass is 10.1. The number of rotatable bonds is 2. The number of nitrogens with two attached hydrogens (primary N) is 2. The number of carbonyl (C=O) groups is 1. The highest BCUT2D eigenvalue weighted by molar-refractivity contribution is 7.85. The maximum atomic E-state index is 11.3.